The molecule has 0 aromatic carbocycles. The summed E-state index contributed by atoms with van der Waals surface area (Å²) in [5.74, 6) is -5.20. The van der Waals surface area contributed by atoms with Crippen molar-refractivity contribution < 1.29 is 27.8 Å². The first kappa shape index (κ1) is 17.4. The van der Waals surface area contributed by atoms with E-state index in [1.807, 2.05) is 0 Å². The quantitative estimate of drug-likeness (QED) is 0.594. The number of alkyl halides is 2. The second kappa shape index (κ2) is 6.41. The maximum atomic E-state index is 13.8. The van der Waals surface area contributed by atoms with Crippen LogP contribution in [0.3, 0.4) is 0 Å². The van der Waals surface area contributed by atoms with Crippen molar-refractivity contribution in [2.45, 2.75) is 45.6 Å². The number of hydrogen-bond acceptors (Lipinski definition) is 4. The van der Waals surface area contributed by atoms with Crippen LogP contribution >= 0.6 is 0 Å². The van der Waals surface area contributed by atoms with Crippen LogP contribution in [0.5, 0.6) is 0 Å². The van der Waals surface area contributed by atoms with Gasteiger partial charge in [-0.1, -0.05) is 6.08 Å². The number of carbonyl (C=O) groups is 2. The molecule has 5 nitrogen and oxygen atoms in total. The topological polar surface area (TPSA) is 55.8 Å². The number of ether oxygens (including phenoxy) is 2. The van der Waals surface area contributed by atoms with Crippen LogP contribution in [0.2, 0.25) is 0 Å². The molecule has 21 heavy (non-hydrogen) atoms. The zero-order valence-electron chi connectivity index (χ0n) is 12.7. The minimum absolute atomic E-state index is 0.0146. The van der Waals surface area contributed by atoms with Gasteiger partial charge in [0.05, 0.1) is 6.61 Å². The minimum Gasteiger partial charge on any atom is -0.461 e. The van der Waals surface area contributed by atoms with Gasteiger partial charge in [-0.25, -0.2) is 9.59 Å². The largest absolute Gasteiger partial charge is 0.461 e. The van der Waals surface area contributed by atoms with Crippen molar-refractivity contribution in [1.29, 1.82) is 0 Å². The van der Waals surface area contributed by atoms with E-state index >= 15 is 0 Å². The molecule has 0 unspecified atom stereocenters. The molecule has 120 valence electrons. The van der Waals surface area contributed by atoms with Gasteiger partial charge >= 0.3 is 18.0 Å². The van der Waals surface area contributed by atoms with E-state index in [0.29, 0.717) is 0 Å². The van der Waals surface area contributed by atoms with Crippen molar-refractivity contribution >= 4 is 12.1 Å². The predicted octanol–water partition coefficient (Wildman–Crippen LogP) is 2.75. The summed E-state index contributed by atoms with van der Waals surface area (Å²) >= 11 is 0. The van der Waals surface area contributed by atoms with Crippen LogP contribution in [0.25, 0.3) is 0 Å². The van der Waals surface area contributed by atoms with Crippen molar-refractivity contribution in [3.8, 4) is 0 Å². The lowest BCUT2D eigenvalue weighted by molar-refractivity contribution is -0.166. The van der Waals surface area contributed by atoms with Gasteiger partial charge in [0.1, 0.15) is 5.60 Å². The first-order valence-electron chi connectivity index (χ1n) is 6.80. The molecule has 0 fully saturated rings. The Hall–Kier alpha value is -1.66. The van der Waals surface area contributed by atoms with Gasteiger partial charge in [-0.05, 0) is 34.1 Å². The fraction of sp³-hybridized carbons (Fsp3) is 0.714. The predicted molar refractivity (Wildman–Crippen MR) is 72.1 cm³/mol. The van der Waals surface area contributed by atoms with E-state index in [9.17, 15) is 18.4 Å². The zero-order valence-corrected chi connectivity index (χ0v) is 12.7. The van der Waals surface area contributed by atoms with Gasteiger partial charge in [-0.2, -0.15) is 8.78 Å². The first-order chi connectivity index (χ1) is 9.58. The minimum atomic E-state index is -3.64. The van der Waals surface area contributed by atoms with Crippen molar-refractivity contribution in [1.82, 2.24) is 4.90 Å². The van der Waals surface area contributed by atoms with E-state index in [4.69, 9.17) is 4.74 Å². The Morgan fingerprint density at radius 2 is 1.95 bits per heavy atom. The lowest BCUT2D eigenvalue weighted by atomic mass is 10.0. The molecule has 1 aliphatic heterocycles. The summed E-state index contributed by atoms with van der Waals surface area (Å²) in [5.41, 5.74) is -0.962. The highest BCUT2D eigenvalue weighted by atomic mass is 19.3. The summed E-state index contributed by atoms with van der Waals surface area (Å²) in [5, 5.41) is 0. The summed E-state index contributed by atoms with van der Waals surface area (Å²) < 4.78 is 37.2. The molecule has 0 bridgehead atoms. The summed E-state index contributed by atoms with van der Waals surface area (Å²) in [6.07, 6.45) is 0.535. The molecule has 0 saturated heterocycles. The molecule has 0 aliphatic carbocycles. The van der Waals surface area contributed by atoms with E-state index in [1.165, 1.54) is 17.9 Å². The van der Waals surface area contributed by atoms with E-state index in [1.54, 1.807) is 20.8 Å². The van der Waals surface area contributed by atoms with Crippen LogP contribution in [0, 0.1) is 0 Å². The molecule has 1 rings (SSSR count). The maximum absolute atomic E-state index is 13.8. The lowest BCUT2D eigenvalue weighted by Gasteiger charge is -2.30. The van der Waals surface area contributed by atoms with Crippen LogP contribution in [0.1, 0.15) is 34.1 Å². The third kappa shape index (κ3) is 4.68. The fourth-order valence-electron chi connectivity index (χ4n) is 1.80. The standard InChI is InChI=1S/C14H21F2NO4/c1-5-20-11(18)14(15,16)10-6-8-17(9-7-10)12(19)21-13(2,3)4/h6H,5,7-9H2,1-4H3. The molecular weight excluding hydrogens is 284 g/mol. The van der Waals surface area contributed by atoms with Gasteiger partial charge < -0.3 is 14.4 Å². The average Bonchev–Trinajstić information content (AvgIpc) is 2.37. The second-order valence-electron chi connectivity index (χ2n) is 5.70. The van der Waals surface area contributed by atoms with E-state index in [0.717, 1.165) is 0 Å². The number of hydrogen-bond donors (Lipinski definition) is 0. The number of rotatable bonds is 3. The molecular formula is C14H21F2NO4. The molecule has 7 heteroatoms. The van der Waals surface area contributed by atoms with Gasteiger partial charge in [0.2, 0.25) is 0 Å². The number of amides is 1. The highest BCUT2D eigenvalue weighted by Crippen LogP contribution is 2.30. The van der Waals surface area contributed by atoms with Crippen molar-refractivity contribution in [2.75, 3.05) is 19.7 Å². The van der Waals surface area contributed by atoms with Gasteiger partial charge in [-0.15, -0.1) is 0 Å². The summed E-state index contributed by atoms with van der Waals surface area (Å²) in [6, 6.07) is 0. The van der Waals surface area contributed by atoms with Crippen LogP contribution in [-0.2, 0) is 14.3 Å². The smallest absolute Gasteiger partial charge is 0.410 e. The van der Waals surface area contributed by atoms with Gasteiger partial charge in [0, 0.05) is 18.7 Å². The van der Waals surface area contributed by atoms with E-state index in [-0.39, 0.29) is 31.7 Å². The Bertz CT molecular complexity index is 441. The van der Waals surface area contributed by atoms with Gasteiger partial charge in [-0.3, -0.25) is 0 Å². The molecule has 0 aromatic rings. The third-order valence-corrected chi connectivity index (χ3v) is 2.80. The molecule has 1 heterocycles. The molecule has 0 saturated carbocycles. The van der Waals surface area contributed by atoms with Gasteiger partial charge in [0.25, 0.3) is 0 Å². The third-order valence-electron chi connectivity index (χ3n) is 2.80. The van der Waals surface area contributed by atoms with Crippen molar-refractivity contribution in [3.05, 3.63) is 11.6 Å². The monoisotopic (exact) mass is 305 g/mol. The highest BCUT2D eigenvalue weighted by Gasteiger charge is 2.45. The highest BCUT2D eigenvalue weighted by molar-refractivity contribution is 5.81. The van der Waals surface area contributed by atoms with Crippen molar-refractivity contribution in [2.24, 2.45) is 0 Å². The van der Waals surface area contributed by atoms with E-state index in [2.05, 4.69) is 4.74 Å². The van der Waals surface area contributed by atoms with Crippen molar-refractivity contribution in [3.63, 3.8) is 0 Å². The number of nitrogens with zero attached hydrogens (tertiary/aromatic N) is 1. The fourth-order valence-corrected chi connectivity index (χ4v) is 1.80. The molecule has 0 radical (unpaired) electrons. The molecule has 0 aromatic heterocycles. The van der Waals surface area contributed by atoms with Crippen LogP contribution < -0.4 is 0 Å². The molecule has 0 N–H and O–H groups in total. The Balaban J connectivity index is 2.69. The number of carbonyl (C=O) groups excluding carboxylic acids is 2. The summed E-state index contributed by atoms with van der Waals surface area (Å²) in [6.45, 7) is 6.61. The summed E-state index contributed by atoms with van der Waals surface area (Å²) in [7, 11) is 0. The van der Waals surface area contributed by atoms with Crippen LogP contribution in [0.4, 0.5) is 13.6 Å². The molecule has 0 spiro atoms. The Labute approximate surface area is 122 Å². The summed E-state index contributed by atoms with van der Waals surface area (Å²) in [4.78, 5) is 24.4. The van der Waals surface area contributed by atoms with Crippen LogP contribution in [0.15, 0.2) is 11.6 Å². The Kier molecular flexibility index (Phi) is 5.31. The molecule has 0 atom stereocenters. The first-order valence-corrected chi connectivity index (χ1v) is 6.80. The van der Waals surface area contributed by atoms with E-state index < -0.39 is 23.6 Å². The lowest BCUT2D eigenvalue weighted by Crippen LogP contribution is -2.42. The normalized spacial score (nSPS) is 16.3. The van der Waals surface area contributed by atoms with Gasteiger partial charge in [0.15, 0.2) is 0 Å². The Morgan fingerprint density at radius 3 is 2.38 bits per heavy atom. The number of esters is 1. The van der Waals surface area contributed by atoms with Crippen LogP contribution in [-0.4, -0.2) is 48.2 Å². The average molecular weight is 305 g/mol. The maximum Gasteiger partial charge on any atom is 0.410 e. The Morgan fingerprint density at radius 1 is 1.33 bits per heavy atom. The number of halogens is 2. The molecule has 1 amide bonds. The zero-order chi connectivity index (χ0) is 16.3. The molecule has 1 aliphatic rings. The second-order valence-corrected chi connectivity index (χ2v) is 5.70. The SMILES string of the molecule is CCOC(=O)C(F)(F)C1=CCN(C(=O)OC(C)(C)C)CC1.